The number of ether oxygens (including phenoxy) is 1. The summed E-state index contributed by atoms with van der Waals surface area (Å²) in [5.74, 6) is -0.365. The third-order valence-corrected chi connectivity index (χ3v) is 4.27. The highest BCUT2D eigenvalue weighted by Gasteiger charge is 2.29. The van der Waals surface area contributed by atoms with Crippen LogP contribution < -0.4 is 16.4 Å². The number of carbonyl (C=O) groups is 2. The second kappa shape index (κ2) is 9.84. The van der Waals surface area contributed by atoms with E-state index < -0.39 is 6.10 Å². The lowest BCUT2D eigenvalue weighted by atomic mass is 10.2. The Labute approximate surface area is 152 Å². The molecule has 1 fully saturated rings. The quantitative estimate of drug-likeness (QED) is 0.708. The highest BCUT2D eigenvalue weighted by atomic mass is 35.5. The maximum Gasteiger partial charge on any atom is 0.249 e. The van der Waals surface area contributed by atoms with Gasteiger partial charge in [-0.1, -0.05) is 17.7 Å². The summed E-state index contributed by atoms with van der Waals surface area (Å²) in [6.07, 6.45) is 1.15. The van der Waals surface area contributed by atoms with Crippen LogP contribution >= 0.6 is 24.0 Å². The molecule has 0 aliphatic carbocycles. The van der Waals surface area contributed by atoms with Crippen molar-refractivity contribution in [1.29, 1.82) is 0 Å². The Bertz CT molecular complexity index is 584. The molecular weight excluding hydrogens is 353 g/mol. The highest BCUT2D eigenvalue weighted by Crippen LogP contribution is 2.23. The first kappa shape index (κ1) is 20.7. The van der Waals surface area contributed by atoms with Crippen LogP contribution in [-0.2, 0) is 14.3 Å². The Hall–Kier alpha value is -1.34. The summed E-state index contributed by atoms with van der Waals surface area (Å²) in [5.41, 5.74) is 7.01. The summed E-state index contributed by atoms with van der Waals surface area (Å²) >= 11 is 6.01. The maximum atomic E-state index is 11.9. The predicted molar refractivity (Wildman–Crippen MR) is 96.6 cm³/mol. The standard InChI is InChI=1S/C16H22ClN3O3.ClH/c1-10-12(17)3-2-4-13(10)20-15(21)7-8-19-16(22)14-6-5-11(9-18)23-14;/h2-4,11,14H,5-9,18H2,1H3,(H,19,22)(H,20,21);1H/t11-,14+;/m1./s1. The topological polar surface area (TPSA) is 93.5 Å². The molecule has 2 atom stereocenters. The Morgan fingerprint density at radius 3 is 2.79 bits per heavy atom. The van der Waals surface area contributed by atoms with Gasteiger partial charge in [0, 0.05) is 30.2 Å². The molecule has 0 aromatic heterocycles. The van der Waals surface area contributed by atoms with E-state index in [1.54, 1.807) is 18.2 Å². The van der Waals surface area contributed by atoms with Crippen LogP contribution in [0.1, 0.15) is 24.8 Å². The minimum Gasteiger partial charge on any atom is -0.364 e. The zero-order valence-electron chi connectivity index (χ0n) is 13.5. The Balaban J connectivity index is 0.00000288. The fraction of sp³-hybridized carbons (Fsp3) is 0.500. The molecule has 0 radical (unpaired) electrons. The lowest BCUT2D eigenvalue weighted by Crippen LogP contribution is -2.37. The zero-order valence-corrected chi connectivity index (χ0v) is 15.1. The van der Waals surface area contributed by atoms with E-state index in [9.17, 15) is 9.59 Å². The van der Waals surface area contributed by atoms with E-state index in [0.717, 1.165) is 12.0 Å². The number of hydrogen-bond acceptors (Lipinski definition) is 4. The Kier molecular flexibility index (Phi) is 8.48. The number of nitrogens with one attached hydrogen (secondary N) is 2. The summed E-state index contributed by atoms with van der Waals surface area (Å²) in [6.45, 7) is 2.52. The molecule has 24 heavy (non-hydrogen) atoms. The van der Waals surface area contributed by atoms with Gasteiger partial charge in [0.05, 0.1) is 6.10 Å². The molecule has 134 valence electrons. The number of anilines is 1. The minimum atomic E-state index is -0.457. The van der Waals surface area contributed by atoms with Crippen molar-refractivity contribution in [2.75, 3.05) is 18.4 Å². The smallest absolute Gasteiger partial charge is 0.249 e. The van der Waals surface area contributed by atoms with Crippen molar-refractivity contribution in [2.24, 2.45) is 5.73 Å². The molecule has 2 amide bonds. The molecule has 1 aliphatic rings. The number of carbonyl (C=O) groups excluding carboxylic acids is 2. The molecule has 1 aromatic carbocycles. The SMILES string of the molecule is Cc1c(Cl)cccc1NC(=O)CCNC(=O)[C@@H]1CC[C@H](CN)O1.Cl. The number of amides is 2. The monoisotopic (exact) mass is 375 g/mol. The molecule has 0 saturated carbocycles. The van der Waals surface area contributed by atoms with Crippen molar-refractivity contribution in [3.8, 4) is 0 Å². The maximum absolute atomic E-state index is 11.9. The second-order valence-electron chi connectivity index (χ2n) is 5.56. The van der Waals surface area contributed by atoms with E-state index in [1.165, 1.54) is 0 Å². The van der Waals surface area contributed by atoms with Crippen molar-refractivity contribution < 1.29 is 14.3 Å². The van der Waals surface area contributed by atoms with E-state index in [-0.39, 0.29) is 43.3 Å². The molecule has 4 N–H and O–H groups in total. The van der Waals surface area contributed by atoms with E-state index in [1.807, 2.05) is 6.92 Å². The first-order valence-corrected chi connectivity index (χ1v) is 8.07. The van der Waals surface area contributed by atoms with Gasteiger partial charge in [-0.2, -0.15) is 0 Å². The Morgan fingerprint density at radius 2 is 2.12 bits per heavy atom. The van der Waals surface area contributed by atoms with Gasteiger partial charge in [-0.3, -0.25) is 9.59 Å². The number of nitrogens with two attached hydrogens (primary N) is 1. The summed E-state index contributed by atoms with van der Waals surface area (Å²) in [6, 6.07) is 5.33. The van der Waals surface area contributed by atoms with Crippen LogP contribution in [0.3, 0.4) is 0 Å². The summed E-state index contributed by atoms with van der Waals surface area (Å²) in [4.78, 5) is 23.8. The molecule has 8 heteroatoms. The number of rotatable bonds is 6. The first-order valence-electron chi connectivity index (χ1n) is 7.69. The molecule has 6 nitrogen and oxygen atoms in total. The van der Waals surface area contributed by atoms with Crippen molar-refractivity contribution in [2.45, 2.75) is 38.4 Å². The van der Waals surface area contributed by atoms with Crippen molar-refractivity contribution in [3.63, 3.8) is 0 Å². The van der Waals surface area contributed by atoms with Crippen molar-refractivity contribution in [3.05, 3.63) is 28.8 Å². The fourth-order valence-corrected chi connectivity index (χ4v) is 2.62. The molecule has 0 spiro atoms. The van der Waals surface area contributed by atoms with Gasteiger partial charge in [-0.15, -0.1) is 12.4 Å². The first-order chi connectivity index (χ1) is 11.0. The van der Waals surface area contributed by atoms with Gasteiger partial charge in [0.25, 0.3) is 0 Å². The summed E-state index contributed by atoms with van der Waals surface area (Å²) in [5, 5.41) is 6.11. The molecule has 0 bridgehead atoms. The van der Waals surface area contributed by atoms with Gasteiger partial charge in [0.15, 0.2) is 0 Å². The van der Waals surface area contributed by atoms with Gasteiger partial charge in [-0.25, -0.2) is 0 Å². The molecule has 1 heterocycles. The van der Waals surface area contributed by atoms with E-state index >= 15 is 0 Å². The third kappa shape index (κ3) is 5.63. The van der Waals surface area contributed by atoms with E-state index in [4.69, 9.17) is 22.1 Å². The lowest BCUT2D eigenvalue weighted by Gasteiger charge is -2.13. The lowest BCUT2D eigenvalue weighted by molar-refractivity contribution is -0.131. The second-order valence-corrected chi connectivity index (χ2v) is 5.97. The van der Waals surface area contributed by atoms with Gasteiger partial charge >= 0.3 is 0 Å². The van der Waals surface area contributed by atoms with Crippen LogP contribution in [0, 0.1) is 6.92 Å². The minimum absolute atomic E-state index is 0. The predicted octanol–water partition coefficient (Wildman–Crippen LogP) is 2.02. The largest absolute Gasteiger partial charge is 0.364 e. The highest BCUT2D eigenvalue weighted by molar-refractivity contribution is 6.31. The normalized spacial score (nSPS) is 19.5. The van der Waals surface area contributed by atoms with Crippen LogP contribution in [0.15, 0.2) is 18.2 Å². The molecule has 0 unspecified atom stereocenters. The van der Waals surface area contributed by atoms with Crippen molar-refractivity contribution >= 4 is 41.5 Å². The third-order valence-electron chi connectivity index (χ3n) is 3.86. The summed E-state index contributed by atoms with van der Waals surface area (Å²) in [7, 11) is 0. The van der Waals surface area contributed by atoms with Gasteiger partial charge in [0.1, 0.15) is 6.10 Å². The van der Waals surface area contributed by atoms with Crippen LogP contribution in [0.4, 0.5) is 5.69 Å². The number of halogens is 2. The molecule has 2 rings (SSSR count). The average Bonchev–Trinajstić information content (AvgIpc) is 3.01. The fourth-order valence-electron chi connectivity index (χ4n) is 2.44. The number of benzene rings is 1. The van der Waals surface area contributed by atoms with Crippen molar-refractivity contribution in [1.82, 2.24) is 5.32 Å². The van der Waals surface area contributed by atoms with Crippen LogP contribution in [-0.4, -0.2) is 37.1 Å². The van der Waals surface area contributed by atoms with E-state index in [2.05, 4.69) is 10.6 Å². The van der Waals surface area contributed by atoms with Crippen LogP contribution in [0.25, 0.3) is 0 Å². The van der Waals surface area contributed by atoms with Gasteiger partial charge in [0.2, 0.25) is 11.8 Å². The van der Waals surface area contributed by atoms with Gasteiger partial charge < -0.3 is 21.1 Å². The average molecular weight is 376 g/mol. The molecule has 1 aliphatic heterocycles. The number of hydrogen-bond donors (Lipinski definition) is 3. The summed E-state index contributed by atoms with van der Waals surface area (Å²) < 4.78 is 5.50. The van der Waals surface area contributed by atoms with Crippen LogP contribution in [0.5, 0.6) is 0 Å². The molecule has 1 saturated heterocycles. The zero-order chi connectivity index (χ0) is 16.8. The Morgan fingerprint density at radius 1 is 1.38 bits per heavy atom. The molecule has 1 aromatic rings. The van der Waals surface area contributed by atoms with E-state index in [0.29, 0.717) is 23.7 Å². The van der Waals surface area contributed by atoms with Gasteiger partial charge in [-0.05, 0) is 37.5 Å². The molecular formula is C16H23Cl2N3O3. The van der Waals surface area contributed by atoms with Crippen LogP contribution in [0.2, 0.25) is 5.02 Å².